The van der Waals surface area contributed by atoms with Crippen LogP contribution in [0.2, 0.25) is 0 Å². The first kappa shape index (κ1) is 14.1. The quantitative estimate of drug-likeness (QED) is 0.606. The van der Waals surface area contributed by atoms with Crippen molar-refractivity contribution >= 4 is 5.69 Å². The largest absolute Gasteiger partial charge is 0.330 e. The lowest BCUT2D eigenvalue weighted by atomic mass is 10.1. The lowest BCUT2D eigenvalue weighted by Gasteiger charge is -2.01. The first-order chi connectivity index (χ1) is 9.69. The third kappa shape index (κ3) is 3.86. The minimum absolute atomic E-state index is 0.110. The van der Waals surface area contributed by atoms with Crippen molar-refractivity contribution in [2.75, 3.05) is 6.54 Å². The maximum atomic E-state index is 10.6. The molecule has 1 heterocycles. The fraction of sp³-hybridized carbons (Fsp3) is 0.385. The fourth-order valence-electron chi connectivity index (χ4n) is 1.87. The van der Waals surface area contributed by atoms with Crippen molar-refractivity contribution in [1.29, 1.82) is 0 Å². The van der Waals surface area contributed by atoms with Gasteiger partial charge in [0.05, 0.1) is 10.6 Å². The highest BCUT2D eigenvalue weighted by Gasteiger charge is 2.05. The Morgan fingerprint density at radius 3 is 2.65 bits per heavy atom. The van der Waals surface area contributed by atoms with Gasteiger partial charge >= 0.3 is 0 Å². The summed E-state index contributed by atoms with van der Waals surface area (Å²) in [7, 11) is 0. The average molecular weight is 275 g/mol. The van der Waals surface area contributed by atoms with Crippen LogP contribution in [-0.2, 0) is 19.4 Å². The summed E-state index contributed by atoms with van der Waals surface area (Å²) < 4.78 is 1.78. The Kier molecular flexibility index (Phi) is 4.78. The summed E-state index contributed by atoms with van der Waals surface area (Å²) in [4.78, 5) is 10.2. The fourth-order valence-corrected chi connectivity index (χ4v) is 1.87. The second-order valence-corrected chi connectivity index (χ2v) is 4.54. The van der Waals surface area contributed by atoms with Crippen LogP contribution < -0.4 is 5.73 Å². The van der Waals surface area contributed by atoms with E-state index < -0.39 is 4.92 Å². The van der Waals surface area contributed by atoms with Crippen LogP contribution in [0, 0.1) is 10.1 Å². The molecule has 0 bridgehead atoms. The van der Waals surface area contributed by atoms with E-state index >= 15 is 0 Å². The van der Waals surface area contributed by atoms with Gasteiger partial charge < -0.3 is 5.73 Å². The second-order valence-electron chi connectivity index (χ2n) is 4.54. The molecule has 0 amide bonds. The molecule has 0 aliphatic heterocycles. The van der Waals surface area contributed by atoms with Crippen LogP contribution in [0.3, 0.4) is 0 Å². The van der Waals surface area contributed by atoms with E-state index in [4.69, 9.17) is 5.73 Å². The van der Waals surface area contributed by atoms with Gasteiger partial charge in [0, 0.05) is 24.9 Å². The van der Waals surface area contributed by atoms with E-state index in [1.165, 1.54) is 12.1 Å². The van der Waals surface area contributed by atoms with E-state index in [9.17, 15) is 10.1 Å². The molecule has 0 aliphatic rings. The number of aryl methyl sites for hydroxylation is 3. The number of rotatable bonds is 7. The Balaban J connectivity index is 1.88. The van der Waals surface area contributed by atoms with Gasteiger partial charge in [-0.15, -0.1) is 5.10 Å². The van der Waals surface area contributed by atoms with Gasteiger partial charge in [0.25, 0.3) is 5.69 Å². The molecule has 0 atom stereocenters. The topological polar surface area (TPSA) is 99.9 Å². The molecule has 2 N–H and O–H groups in total. The van der Waals surface area contributed by atoms with E-state index in [0.717, 1.165) is 30.5 Å². The molecule has 106 valence electrons. The number of hydrogen-bond acceptors (Lipinski definition) is 5. The number of non-ortho nitro benzene ring substituents is 1. The molecule has 0 spiro atoms. The van der Waals surface area contributed by atoms with Crippen molar-refractivity contribution in [1.82, 2.24) is 15.0 Å². The molecule has 0 saturated carbocycles. The molecule has 0 radical (unpaired) electrons. The monoisotopic (exact) mass is 275 g/mol. The van der Waals surface area contributed by atoms with Gasteiger partial charge in [0.2, 0.25) is 0 Å². The molecule has 0 unspecified atom stereocenters. The summed E-state index contributed by atoms with van der Waals surface area (Å²) >= 11 is 0. The van der Waals surface area contributed by atoms with E-state index in [2.05, 4.69) is 10.3 Å². The Morgan fingerprint density at radius 2 is 2.00 bits per heavy atom. The Labute approximate surface area is 116 Å². The summed E-state index contributed by atoms with van der Waals surface area (Å²) in [6.45, 7) is 1.35. The van der Waals surface area contributed by atoms with Crippen LogP contribution in [0.15, 0.2) is 30.5 Å². The number of nitrogens with two attached hydrogens (primary N) is 1. The summed E-state index contributed by atoms with van der Waals surface area (Å²) in [6.07, 6.45) is 4.42. The zero-order valence-corrected chi connectivity index (χ0v) is 11.1. The van der Waals surface area contributed by atoms with E-state index in [1.807, 2.05) is 6.20 Å². The SMILES string of the molecule is NCCCc1cn(CCc2ccc([N+](=O)[O-])cc2)nn1. The predicted molar refractivity (Wildman–Crippen MR) is 74.2 cm³/mol. The normalized spacial score (nSPS) is 10.7. The first-order valence-corrected chi connectivity index (χ1v) is 6.51. The molecule has 1 aromatic heterocycles. The Hall–Kier alpha value is -2.28. The third-order valence-corrected chi connectivity index (χ3v) is 3.00. The number of nitrogens with zero attached hydrogens (tertiary/aromatic N) is 4. The van der Waals surface area contributed by atoms with Crippen molar-refractivity contribution < 1.29 is 4.92 Å². The van der Waals surface area contributed by atoms with Crippen molar-refractivity contribution in [2.24, 2.45) is 5.73 Å². The van der Waals surface area contributed by atoms with Gasteiger partial charge in [0.15, 0.2) is 0 Å². The number of nitro benzene ring substituents is 1. The van der Waals surface area contributed by atoms with Gasteiger partial charge in [-0.1, -0.05) is 17.3 Å². The van der Waals surface area contributed by atoms with Crippen molar-refractivity contribution in [3.05, 3.63) is 51.8 Å². The molecule has 0 saturated heterocycles. The smallest absolute Gasteiger partial charge is 0.269 e. The Bertz CT molecular complexity index is 564. The summed E-state index contributed by atoms with van der Waals surface area (Å²) in [5.74, 6) is 0. The minimum atomic E-state index is -0.398. The standard InChI is InChI=1S/C13H17N5O2/c14-8-1-2-12-10-17(16-15-12)9-7-11-3-5-13(6-4-11)18(19)20/h3-6,10H,1-2,7-9,14H2. The molecule has 7 nitrogen and oxygen atoms in total. The van der Waals surface area contributed by atoms with E-state index in [-0.39, 0.29) is 5.69 Å². The van der Waals surface area contributed by atoms with E-state index in [0.29, 0.717) is 13.1 Å². The second kappa shape index (κ2) is 6.76. The van der Waals surface area contributed by atoms with E-state index in [1.54, 1.807) is 16.8 Å². The van der Waals surface area contributed by atoms with Gasteiger partial charge in [-0.3, -0.25) is 14.8 Å². The molecule has 2 aromatic rings. The molecule has 0 fully saturated rings. The van der Waals surface area contributed by atoms with Crippen LogP contribution >= 0.6 is 0 Å². The van der Waals surface area contributed by atoms with Crippen molar-refractivity contribution in [2.45, 2.75) is 25.8 Å². The van der Waals surface area contributed by atoms with Crippen LogP contribution in [0.5, 0.6) is 0 Å². The maximum absolute atomic E-state index is 10.6. The highest BCUT2D eigenvalue weighted by atomic mass is 16.6. The molecule has 7 heteroatoms. The van der Waals surface area contributed by atoms with Crippen LogP contribution in [-0.4, -0.2) is 26.5 Å². The number of benzene rings is 1. The lowest BCUT2D eigenvalue weighted by molar-refractivity contribution is -0.384. The zero-order valence-electron chi connectivity index (χ0n) is 11.1. The summed E-state index contributed by atoms with van der Waals surface area (Å²) in [5.41, 5.74) is 7.54. The van der Waals surface area contributed by atoms with Gasteiger partial charge in [0.1, 0.15) is 0 Å². The Morgan fingerprint density at radius 1 is 1.25 bits per heavy atom. The molecular weight excluding hydrogens is 258 g/mol. The minimum Gasteiger partial charge on any atom is -0.330 e. The van der Waals surface area contributed by atoms with Crippen molar-refractivity contribution in [3.63, 3.8) is 0 Å². The van der Waals surface area contributed by atoms with Gasteiger partial charge in [-0.05, 0) is 31.4 Å². The van der Waals surface area contributed by atoms with Crippen LogP contribution in [0.4, 0.5) is 5.69 Å². The molecule has 20 heavy (non-hydrogen) atoms. The molecule has 1 aromatic carbocycles. The average Bonchev–Trinajstić information content (AvgIpc) is 2.91. The molecule has 2 rings (SSSR count). The molecule has 0 aliphatic carbocycles. The number of nitro groups is 1. The highest BCUT2D eigenvalue weighted by Crippen LogP contribution is 2.12. The lowest BCUT2D eigenvalue weighted by Crippen LogP contribution is -2.02. The summed E-state index contributed by atoms with van der Waals surface area (Å²) in [6, 6.07) is 6.57. The number of hydrogen-bond donors (Lipinski definition) is 1. The highest BCUT2D eigenvalue weighted by molar-refractivity contribution is 5.32. The zero-order chi connectivity index (χ0) is 14.4. The van der Waals surface area contributed by atoms with Crippen LogP contribution in [0.1, 0.15) is 17.7 Å². The maximum Gasteiger partial charge on any atom is 0.269 e. The van der Waals surface area contributed by atoms with Crippen LogP contribution in [0.25, 0.3) is 0 Å². The molecular formula is C13H17N5O2. The summed E-state index contributed by atoms with van der Waals surface area (Å²) in [5, 5.41) is 18.7. The predicted octanol–water partition coefficient (Wildman–Crippen LogP) is 1.32. The van der Waals surface area contributed by atoms with Gasteiger partial charge in [-0.25, -0.2) is 0 Å². The number of aromatic nitrogens is 3. The third-order valence-electron chi connectivity index (χ3n) is 3.00. The van der Waals surface area contributed by atoms with Crippen molar-refractivity contribution in [3.8, 4) is 0 Å². The van der Waals surface area contributed by atoms with Gasteiger partial charge in [-0.2, -0.15) is 0 Å². The first-order valence-electron chi connectivity index (χ1n) is 6.51.